The third-order valence-corrected chi connectivity index (χ3v) is 4.18. The predicted octanol–water partition coefficient (Wildman–Crippen LogP) is 3.60. The van der Waals surface area contributed by atoms with Gasteiger partial charge in [0.25, 0.3) is 0 Å². The van der Waals surface area contributed by atoms with Gasteiger partial charge >= 0.3 is 0 Å². The van der Waals surface area contributed by atoms with Crippen LogP contribution >= 0.6 is 39.3 Å². The molecule has 0 aliphatic heterocycles. The highest BCUT2D eigenvalue weighted by molar-refractivity contribution is 9.10. The zero-order valence-corrected chi connectivity index (χ0v) is 11.4. The maximum absolute atomic E-state index is 5.62. The second-order valence-corrected chi connectivity index (χ2v) is 5.19. The Morgan fingerprint density at radius 1 is 1.38 bits per heavy atom. The van der Waals surface area contributed by atoms with Gasteiger partial charge in [-0.25, -0.2) is 4.98 Å². The normalized spacial score (nSPS) is 10.6. The molecule has 1 aromatic carbocycles. The summed E-state index contributed by atoms with van der Waals surface area (Å²) in [7, 11) is 0. The van der Waals surface area contributed by atoms with E-state index in [1.54, 1.807) is 11.8 Å². The highest BCUT2D eigenvalue weighted by atomic mass is 79.9. The molecule has 0 spiro atoms. The summed E-state index contributed by atoms with van der Waals surface area (Å²) >= 11 is 10.8. The third-order valence-electron chi connectivity index (χ3n) is 1.90. The maximum atomic E-state index is 5.62. The first kappa shape index (κ1) is 12.0. The quantitative estimate of drug-likeness (QED) is 0.692. The molecule has 2 rings (SSSR count). The molecule has 0 unspecified atom stereocenters. The summed E-state index contributed by atoms with van der Waals surface area (Å²) in [5.74, 6) is 2.59. The fraction of sp³-hybridized carbons (Fsp3) is 0.200. The summed E-state index contributed by atoms with van der Waals surface area (Å²) in [4.78, 5) is 5.43. The van der Waals surface area contributed by atoms with Crippen LogP contribution in [-0.4, -0.2) is 15.2 Å². The van der Waals surface area contributed by atoms with Crippen LogP contribution in [0.4, 0.5) is 0 Å². The first-order valence-corrected chi connectivity index (χ1v) is 6.94. The van der Waals surface area contributed by atoms with Gasteiger partial charge in [0.05, 0.1) is 11.6 Å². The average molecular weight is 319 g/mol. The SMILES string of the molecule is ClCc1n[nH]c(CSc2ccccc2Br)n1. The molecule has 16 heavy (non-hydrogen) atoms. The molecule has 0 atom stereocenters. The number of thioether (sulfide) groups is 1. The number of hydrogen-bond acceptors (Lipinski definition) is 3. The van der Waals surface area contributed by atoms with Gasteiger partial charge in [-0.1, -0.05) is 12.1 Å². The van der Waals surface area contributed by atoms with E-state index in [4.69, 9.17) is 11.6 Å². The number of alkyl halides is 1. The molecule has 0 aliphatic carbocycles. The Labute approximate surface area is 111 Å². The maximum Gasteiger partial charge on any atom is 0.165 e. The second kappa shape index (κ2) is 5.70. The van der Waals surface area contributed by atoms with Crippen LogP contribution in [0.25, 0.3) is 0 Å². The fourth-order valence-electron chi connectivity index (χ4n) is 1.17. The van der Waals surface area contributed by atoms with E-state index >= 15 is 0 Å². The van der Waals surface area contributed by atoms with Crippen LogP contribution in [0.15, 0.2) is 33.6 Å². The Morgan fingerprint density at radius 2 is 2.19 bits per heavy atom. The number of halogens is 2. The van der Waals surface area contributed by atoms with Gasteiger partial charge in [-0.2, -0.15) is 5.10 Å². The summed E-state index contributed by atoms with van der Waals surface area (Å²) in [6, 6.07) is 8.09. The number of hydrogen-bond donors (Lipinski definition) is 1. The minimum Gasteiger partial charge on any atom is -0.262 e. The number of benzene rings is 1. The highest BCUT2D eigenvalue weighted by Gasteiger charge is 2.04. The zero-order chi connectivity index (χ0) is 11.4. The number of nitrogens with one attached hydrogen (secondary N) is 1. The van der Waals surface area contributed by atoms with Crippen molar-refractivity contribution in [1.82, 2.24) is 15.2 Å². The van der Waals surface area contributed by atoms with Crippen molar-refractivity contribution in [3.05, 3.63) is 40.4 Å². The molecule has 1 N–H and O–H groups in total. The van der Waals surface area contributed by atoms with Crippen LogP contribution < -0.4 is 0 Å². The number of H-pyrrole nitrogens is 1. The summed E-state index contributed by atoms with van der Waals surface area (Å²) in [5.41, 5.74) is 0. The second-order valence-electron chi connectivity index (χ2n) is 3.05. The predicted molar refractivity (Wildman–Crippen MR) is 69.6 cm³/mol. The van der Waals surface area contributed by atoms with Crippen LogP contribution in [0, 0.1) is 0 Å². The van der Waals surface area contributed by atoms with E-state index in [9.17, 15) is 0 Å². The van der Waals surface area contributed by atoms with Gasteiger partial charge in [-0.05, 0) is 28.1 Å². The molecule has 0 saturated heterocycles. The van der Waals surface area contributed by atoms with E-state index in [0.717, 1.165) is 16.0 Å². The van der Waals surface area contributed by atoms with Gasteiger partial charge in [0.15, 0.2) is 5.82 Å². The lowest BCUT2D eigenvalue weighted by Gasteiger charge is -2.01. The van der Waals surface area contributed by atoms with Gasteiger partial charge in [0.1, 0.15) is 5.82 Å². The van der Waals surface area contributed by atoms with E-state index < -0.39 is 0 Å². The molecule has 3 nitrogen and oxygen atoms in total. The number of nitrogens with zero attached hydrogens (tertiary/aromatic N) is 2. The number of aromatic amines is 1. The van der Waals surface area contributed by atoms with Crippen molar-refractivity contribution >= 4 is 39.3 Å². The molecule has 0 bridgehead atoms. The Bertz CT molecular complexity index is 475. The summed E-state index contributed by atoms with van der Waals surface area (Å²) < 4.78 is 1.09. The highest BCUT2D eigenvalue weighted by Crippen LogP contribution is 2.28. The smallest absolute Gasteiger partial charge is 0.165 e. The molecule has 84 valence electrons. The minimum atomic E-state index is 0.343. The van der Waals surface area contributed by atoms with Gasteiger partial charge in [-0.3, -0.25) is 5.10 Å². The van der Waals surface area contributed by atoms with E-state index in [1.165, 1.54) is 4.90 Å². The molecular formula is C10H9BrClN3S. The minimum absolute atomic E-state index is 0.343. The van der Waals surface area contributed by atoms with Crippen molar-refractivity contribution in [3.8, 4) is 0 Å². The zero-order valence-electron chi connectivity index (χ0n) is 8.28. The lowest BCUT2D eigenvalue weighted by molar-refractivity contribution is 1.00. The Morgan fingerprint density at radius 3 is 2.88 bits per heavy atom. The van der Waals surface area contributed by atoms with Crippen molar-refractivity contribution < 1.29 is 0 Å². The van der Waals surface area contributed by atoms with E-state index in [-0.39, 0.29) is 0 Å². The average Bonchev–Trinajstić information content (AvgIpc) is 2.76. The molecule has 0 saturated carbocycles. The molecule has 1 heterocycles. The molecule has 1 aromatic heterocycles. The van der Waals surface area contributed by atoms with Crippen LogP contribution in [0.3, 0.4) is 0 Å². The van der Waals surface area contributed by atoms with Crippen LogP contribution in [0.1, 0.15) is 11.6 Å². The Balaban J connectivity index is 1.99. The molecule has 0 amide bonds. The monoisotopic (exact) mass is 317 g/mol. The van der Waals surface area contributed by atoms with Crippen molar-refractivity contribution in [3.63, 3.8) is 0 Å². The van der Waals surface area contributed by atoms with E-state index in [2.05, 4.69) is 37.2 Å². The molecule has 0 fully saturated rings. The Kier molecular flexibility index (Phi) is 4.26. The lowest BCUT2D eigenvalue weighted by Crippen LogP contribution is -1.85. The summed E-state index contributed by atoms with van der Waals surface area (Å²) in [6.45, 7) is 0. The molecule has 0 radical (unpaired) electrons. The van der Waals surface area contributed by atoms with Crippen molar-refractivity contribution in [2.24, 2.45) is 0 Å². The standard InChI is InChI=1S/C10H9BrClN3S/c11-7-3-1-2-4-8(7)16-6-10-13-9(5-12)14-15-10/h1-4H,5-6H2,(H,13,14,15). The first-order chi connectivity index (χ1) is 7.79. The Hall–Kier alpha value is -0.520. The van der Waals surface area contributed by atoms with Crippen molar-refractivity contribution in [2.45, 2.75) is 16.5 Å². The van der Waals surface area contributed by atoms with Crippen molar-refractivity contribution in [2.75, 3.05) is 0 Å². The fourth-order valence-corrected chi connectivity index (χ4v) is 2.72. The first-order valence-electron chi connectivity index (χ1n) is 4.63. The molecule has 2 aromatic rings. The van der Waals surface area contributed by atoms with Gasteiger partial charge in [0.2, 0.25) is 0 Å². The van der Waals surface area contributed by atoms with Crippen LogP contribution in [0.5, 0.6) is 0 Å². The molecular weight excluding hydrogens is 310 g/mol. The van der Waals surface area contributed by atoms with Crippen LogP contribution in [0.2, 0.25) is 0 Å². The molecule has 0 aliphatic rings. The summed E-state index contributed by atoms with van der Waals surface area (Å²) in [6.07, 6.45) is 0. The van der Waals surface area contributed by atoms with Crippen LogP contribution in [-0.2, 0) is 11.6 Å². The van der Waals surface area contributed by atoms with Crippen molar-refractivity contribution in [1.29, 1.82) is 0 Å². The lowest BCUT2D eigenvalue weighted by atomic mass is 10.4. The van der Waals surface area contributed by atoms with Gasteiger partial charge in [0, 0.05) is 9.37 Å². The summed E-state index contributed by atoms with van der Waals surface area (Å²) in [5, 5.41) is 6.84. The topological polar surface area (TPSA) is 41.6 Å². The van der Waals surface area contributed by atoms with E-state index in [1.807, 2.05) is 18.2 Å². The largest absolute Gasteiger partial charge is 0.262 e. The number of aromatic nitrogens is 3. The van der Waals surface area contributed by atoms with Gasteiger partial charge < -0.3 is 0 Å². The molecule has 6 heteroatoms. The number of rotatable bonds is 4. The van der Waals surface area contributed by atoms with Gasteiger partial charge in [-0.15, -0.1) is 23.4 Å². The van der Waals surface area contributed by atoms with E-state index in [0.29, 0.717) is 11.7 Å². The third kappa shape index (κ3) is 2.99.